The van der Waals surface area contributed by atoms with Crippen LogP contribution in [0.4, 0.5) is 5.69 Å². The van der Waals surface area contributed by atoms with Crippen molar-refractivity contribution >= 4 is 16.8 Å². The zero-order chi connectivity index (χ0) is 17.4. The van der Waals surface area contributed by atoms with Gasteiger partial charge in [0.1, 0.15) is 5.69 Å². The standard InChI is InChI=1S/C17H11N3O5/c21-17-19(15-7-6-12(20(22)23)8-16(15)24-17)10-13-9-14(18-25-13)11-4-2-1-3-5-11/h1-9H,10H2. The third-order valence-corrected chi connectivity index (χ3v) is 3.81. The molecule has 4 aromatic rings. The van der Waals surface area contributed by atoms with Gasteiger partial charge in [-0.2, -0.15) is 0 Å². The topological polar surface area (TPSA) is 104 Å². The fourth-order valence-corrected chi connectivity index (χ4v) is 2.61. The molecule has 2 aromatic carbocycles. The summed E-state index contributed by atoms with van der Waals surface area (Å²) in [5.41, 5.74) is 2.03. The molecule has 0 saturated heterocycles. The van der Waals surface area contributed by atoms with Crippen LogP contribution in [-0.2, 0) is 6.54 Å². The molecule has 0 unspecified atom stereocenters. The van der Waals surface area contributed by atoms with Crippen LogP contribution in [0.2, 0.25) is 0 Å². The summed E-state index contributed by atoms with van der Waals surface area (Å²) in [4.78, 5) is 22.3. The number of benzene rings is 2. The maximum Gasteiger partial charge on any atom is 0.420 e. The van der Waals surface area contributed by atoms with Crippen LogP contribution in [-0.4, -0.2) is 14.6 Å². The fourth-order valence-electron chi connectivity index (χ4n) is 2.61. The molecule has 25 heavy (non-hydrogen) atoms. The lowest BCUT2D eigenvalue weighted by molar-refractivity contribution is -0.384. The van der Waals surface area contributed by atoms with Gasteiger partial charge in [0, 0.05) is 17.7 Å². The molecule has 0 aliphatic carbocycles. The molecule has 4 rings (SSSR count). The van der Waals surface area contributed by atoms with Crippen LogP contribution < -0.4 is 5.76 Å². The van der Waals surface area contributed by atoms with E-state index in [1.807, 2.05) is 30.3 Å². The van der Waals surface area contributed by atoms with E-state index in [1.54, 1.807) is 6.07 Å². The number of rotatable bonds is 4. The van der Waals surface area contributed by atoms with Crippen LogP contribution in [0.1, 0.15) is 5.76 Å². The molecule has 124 valence electrons. The number of non-ortho nitro benzene ring substituents is 1. The first-order valence-electron chi connectivity index (χ1n) is 7.40. The van der Waals surface area contributed by atoms with Gasteiger partial charge in [0.05, 0.1) is 23.1 Å². The van der Waals surface area contributed by atoms with Crippen LogP contribution >= 0.6 is 0 Å². The highest BCUT2D eigenvalue weighted by atomic mass is 16.6. The van der Waals surface area contributed by atoms with E-state index in [0.29, 0.717) is 17.0 Å². The zero-order valence-corrected chi connectivity index (χ0v) is 12.8. The molecule has 0 amide bonds. The molecule has 0 aliphatic heterocycles. The predicted molar refractivity (Wildman–Crippen MR) is 88.2 cm³/mol. The zero-order valence-electron chi connectivity index (χ0n) is 12.8. The Hall–Kier alpha value is -3.68. The molecule has 2 aromatic heterocycles. The number of nitro benzene ring substituents is 1. The van der Waals surface area contributed by atoms with E-state index in [-0.39, 0.29) is 17.8 Å². The van der Waals surface area contributed by atoms with Gasteiger partial charge in [0.25, 0.3) is 5.69 Å². The molecule has 0 bridgehead atoms. The highest BCUT2D eigenvalue weighted by Crippen LogP contribution is 2.22. The molecule has 8 nitrogen and oxygen atoms in total. The largest absolute Gasteiger partial charge is 0.420 e. The summed E-state index contributed by atoms with van der Waals surface area (Å²) in [5, 5.41) is 14.8. The number of fused-ring (bicyclic) bond motifs is 1. The number of hydrogen-bond donors (Lipinski definition) is 0. The van der Waals surface area contributed by atoms with E-state index in [9.17, 15) is 14.9 Å². The average Bonchev–Trinajstić information content (AvgIpc) is 3.20. The van der Waals surface area contributed by atoms with E-state index in [4.69, 9.17) is 8.94 Å². The molecule has 0 radical (unpaired) electrons. The second-order valence-electron chi connectivity index (χ2n) is 5.41. The fraction of sp³-hybridized carbons (Fsp3) is 0.0588. The maximum atomic E-state index is 12.1. The van der Waals surface area contributed by atoms with Crippen LogP contribution in [0.25, 0.3) is 22.4 Å². The Morgan fingerprint density at radius 2 is 1.92 bits per heavy atom. The van der Waals surface area contributed by atoms with Crippen molar-refractivity contribution in [1.82, 2.24) is 9.72 Å². The lowest BCUT2D eigenvalue weighted by Crippen LogP contribution is -2.14. The number of nitro groups is 1. The van der Waals surface area contributed by atoms with Gasteiger partial charge in [0.15, 0.2) is 11.3 Å². The van der Waals surface area contributed by atoms with Gasteiger partial charge >= 0.3 is 5.76 Å². The van der Waals surface area contributed by atoms with Crippen molar-refractivity contribution in [2.45, 2.75) is 6.54 Å². The van der Waals surface area contributed by atoms with E-state index < -0.39 is 10.7 Å². The third kappa shape index (κ3) is 2.69. The molecule has 8 heteroatoms. The highest BCUT2D eigenvalue weighted by molar-refractivity contribution is 5.75. The Kier molecular flexibility index (Phi) is 3.42. The van der Waals surface area contributed by atoms with E-state index in [2.05, 4.69) is 5.16 Å². The maximum absolute atomic E-state index is 12.1. The van der Waals surface area contributed by atoms with E-state index in [0.717, 1.165) is 5.56 Å². The van der Waals surface area contributed by atoms with Gasteiger partial charge < -0.3 is 8.94 Å². The van der Waals surface area contributed by atoms with Gasteiger partial charge in [-0.1, -0.05) is 35.5 Å². The van der Waals surface area contributed by atoms with Crippen LogP contribution in [0, 0.1) is 10.1 Å². The lowest BCUT2D eigenvalue weighted by atomic mass is 10.1. The summed E-state index contributed by atoms with van der Waals surface area (Å²) in [6.45, 7) is 0.115. The minimum absolute atomic E-state index is 0.115. The van der Waals surface area contributed by atoms with Gasteiger partial charge in [-0.05, 0) is 6.07 Å². The first-order valence-corrected chi connectivity index (χ1v) is 7.40. The predicted octanol–water partition coefficient (Wildman–Crippen LogP) is 3.21. The summed E-state index contributed by atoms with van der Waals surface area (Å²) in [7, 11) is 0. The molecule has 0 N–H and O–H groups in total. The Labute approximate surface area is 140 Å². The molecule has 0 spiro atoms. The van der Waals surface area contributed by atoms with Crippen LogP contribution in [0.5, 0.6) is 0 Å². The molecule has 0 atom stereocenters. The summed E-state index contributed by atoms with van der Waals surface area (Å²) >= 11 is 0. The molecular formula is C17H11N3O5. The Balaban J connectivity index is 1.69. The SMILES string of the molecule is O=c1oc2cc([N+](=O)[O-])ccc2n1Cc1cc(-c2ccccc2)no1. The minimum Gasteiger partial charge on any atom is -0.407 e. The first kappa shape index (κ1) is 14.9. The monoisotopic (exact) mass is 337 g/mol. The number of aromatic nitrogens is 2. The summed E-state index contributed by atoms with van der Waals surface area (Å²) in [5.74, 6) is -0.143. The minimum atomic E-state index is -0.617. The van der Waals surface area contributed by atoms with Crippen molar-refractivity contribution < 1.29 is 13.9 Å². The van der Waals surface area contributed by atoms with Crippen molar-refractivity contribution in [3.05, 3.63) is 81.0 Å². The van der Waals surface area contributed by atoms with Crippen molar-refractivity contribution in [2.75, 3.05) is 0 Å². The average molecular weight is 337 g/mol. The van der Waals surface area contributed by atoms with Crippen molar-refractivity contribution in [3.63, 3.8) is 0 Å². The lowest BCUT2D eigenvalue weighted by Gasteiger charge is -1.97. The van der Waals surface area contributed by atoms with Crippen molar-refractivity contribution in [2.24, 2.45) is 0 Å². The van der Waals surface area contributed by atoms with Gasteiger partial charge in [-0.15, -0.1) is 0 Å². The quantitative estimate of drug-likeness (QED) is 0.418. The molecule has 2 heterocycles. The third-order valence-electron chi connectivity index (χ3n) is 3.81. The Morgan fingerprint density at radius 1 is 1.12 bits per heavy atom. The van der Waals surface area contributed by atoms with Crippen molar-refractivity contribution in [1.29, 1.82) is 0 Å². The van der Waals surface area contributed by atoms with E-state index in [1.165, 1.54) is 22.8 Å². The smallest absolute Gasteiger partial charge is 0.407 e. The van der Waals surface area contributed by atoms with Gasteiger partial charge in [-0.3, -0.25) is 14.7 Å². The normalized spacial score (nSPS) is 11.0. The number of nitrogens with zero attached hydrogens (tertiary/aromatic N) is 3. The molecule has 0 fully saturated rings. The molecule has 0 aliphatic rings. The second-order valence-corrected chi connectivity index (χ2v) is 5.41. The summed E-state index contributed by atoms with van der Waals surface area (Å²) in [6, 6.07) is 15.3. The molecular weight excluding hydrogens is 326 g/mol. The summed E-state index contributed by atoms with van der Waals surface area (Å²) in [6.07, 6.45) is 0. The second kappa shape index (κ2) is 5.75. The summed E-state index contributed by atoms with van der Waals surface area (Å²) < 4.78 is 11.7. The first-order chi connectivity index (χ1) is 12.1. The van der Waals surface area contributed by atoms with E-state index >= 15 is 0 Å². The number of oxazole rings is 1. The van der Waals surface area contributed by atoms with Crippen LogP contribution in [0.15, 0.2) is 68.3 Å². The van der Waals surface area contributed by atoms with Crippen molar-refractivity contribution in [3.8, 4) is 11.3 Å². The van der Waals surface area contributed by atoms with Gasteiger partial charge in [0.2, 0.25) is 0 Å². The number of hydrogen-bond acceptors (Lipinski definition) is 6. The Morgan fingerprint density at radius 3 is 2.68 bits per heavy atom. The van der Waals surface area contributed by atoms with Gasteiger partial charge in [-0.25, -0.2) is 4.79 Å². The highest BCUT2D eigenvalue weighted by Gasteiger charge is 2.16. The van der Waals surface area contributed by atoms with Crippen LogP contribution in [0.3, 0.4) is 0 Å². The Bertz CT molecular complexity index is 1120. The molecule has 0 saturated carbocycles.